The predicted octanol–water partition coefficient (Wildman–Crippen LogP) is 7.11. The molecule has 0 saturated heterocycles. The third-order valence-electron chi connectivity index (χ3n) is 5.87. The van der Waals surface area contributed by atoms with Crippen molar-refractivity contribution in [3.8, 4) is 5.75 Å². The summed E-state index contributed by atoms with van der Waals surface area (Å²) in [5.74, 6) is -2.74. The van der Waals surface area contributed by atoms with Crippen molar-refractivity contribution in [1.29, 1.82) is 0 Å². The van der Waals surface area contributed by atoms with Gasteiger partial charge < -0.3 is 4.74 Å². The van der Waals surface area contributed by atoms with Crippen LogP contribution in [0.1, 0.15) is 74.0 Å². The van der Waals surface area contributed by atoms with Crippen LogP contribution in [-0.2, 0) is 6.42 Å². The normalized spacial score (nSPS) is 21.8. The lowest BCUT2D eigenvalue weighted by Gasteiger charge is -2.36. The van der Waals surface area contributed by atoms with Crippen LogP contribution in [0.25, 0.3) is 0 Å². The summed E-state index contributed by atoms with van der Waals surface area (Å²) in [6.45, 7) is 2.20. The fourth-order valence-corrected chi connectivity index (χ4v) is 4.22. The van der Waals surface area contributed by atoms with Gasteiger partial charge in [-0.05, 0) is 60.4 Å². The van der Waals surface area contributed by atoms with Gasteiger partial charge in [0, 0.05) is 12.3 Å². The van der Waals surface area contributed by atoms with Crippen molar-refractivity contribution in [3.05, 3.63) is 65.2 Å². The maximum atomic E-state index is 14.9. The molecule has 0 heterocycles. The van der Waals surface area contributed by atoms with Gasteiger partial charge >= 0.3 is 0 Å². The maximum absolute atomic E-state index is 14.9. The fraction of sp³-hybridized carbons (Fsp3) is 0.500. The van der Waals surface area contributed by atoms with E-state index >= 15 is 0 Å². The number of rotatable bonds is 7. The summed E-state index contributed by atoms with van der Waals surface area (Å²) >= 11 is 0. The first kappa shape index (κ1) is 19.9. The van der Waals surface area contributed by atoms with E-state index < -0.39 is 11.8 Å². The number of ether oxygens (including phenoxy) is 1. The van der Waals surface area contributed by atoms with Crippen LogP contribution in [0.5, 0.6) is 5.75 Å². The number of hydrogen-bond acceptors (Lipinski definition) is 1. The number of halogens is 2. The first-order valence-corrected chi connectivity index (χ1v) is 10.1. The van der Waals surface area contributed by atoms with Gasteiger partial charge in [0.05, 0.1) is 7.11 Å². The predicted molar refractivity (Wildman–Crippen MR) is 107 cm³/mol. The lowest BCUT2D eigenvalue weighted by atomic mass is 9.73. The molecule has 1 saturated carbocycles. The number of hydrogen-bond donors (Lipinski definition) is 0. The summed E-state index contributed by atoms with van der Waals surface area (Å²) in [6.07, 6.45) is 5.98. The maximum Gasteiger partial charge on any atom is 0.255 e. The Labute approximate surface area is 161 Å². The van der Waals surface area contributed by atoms with Crippen molar-refractivity contribution >= 4 is 0 Å². The van der Waals surface area contributed by atoms with Crippen LogP contribution in [0, 0.1) is 0 Å². The summed E-state index contributed by atoms with van der Waals surface area (Å²) in [7, 11) is 1.59. The molecule has 2 aromatic carbocycles. The molecular weight excluding hydrogens is 342 g/mol. The largest absolute Gasteiger partial charge is 0.497 e. The molecule has 0 N–H and O–H groups in total. The number of unbranched alkanes of at least 4 members (excludes halogenated alkanes) is 2. The third-order valence-corrected chi connectivity index (χ3v) is 5.87. The van der Waals surface area contributed by atoms with E-state index in [4.69, 9.17) is 4.74 Å². The molecule has 3 heteroatoms. The SMILES string of the molecule is CCCCCc1ccc([C@@H]2CC[C@@H](c3ccc(OC)cc3)C(F)(F)C2)cc1. The summed E-state index contributed by atoms with van der Waals surface area (Å²) in [4.78, 5) is 0. The lowest BCUT2D eigenvalue weighted by Crippen LogP contribution is -2.33. The molecule has 1 aliphatic rings. The summed E-state index contributed by atoms with van der Waals surface area (Å²) in [5.41, 5.74) is 3.08. The van der Waals surface area contributed by atoms with E-state index in [1.807, 2.05) is 0 Å². The molecule has 27 heavy (non-hydrogen) atoms. The number of benzene rings is 2. The van der Waals surface area contributed by atoms with Gasteiger partial charge in [0.2, 0.25) is 0 Å². The quantitative estimate of drug-likeness (QED) is 0.470. The van der Waals surface area contributed by atoms with Crippen LogP contribution >= 0.6 is 0 Å². The Morgan fingerprint density at radius 2 is 1.59 bits per heavy atom. The standard InChI is InChI=1S/C24H30F2O/c1-3-4-5-6-18-7-9-19(10-8-18)21-13-16-23(24(25,26)17-21)20-11-14-22(27-2)15-12-20/h7-12,14-15,21,23H,3-6,13,16-17H2,1-2H3/t21-,23+/m1/s1. The highest BCUT2D eigenvalue weighted by molar-refractivity contribution is 5.32. The van der Waals surface area contributed by atoms with Crippen molar-refractivity contribution in [2.75, 3.05) is 7.11 Å². The van der Waals surface area contributed by atoms with Crippen LogP contribution in [0.2, 0.25) is 0 Å². The summed E-state index contributed by atoms with van der Waals surface area (Å²) in [5, 5.41) is 0. The number of aryl methyl sites for hydroxylation is 1. The zero-order valence-electron chi connectivity index (χ0n) is 16.4. The minimum Gasteiger partial charge on any atom is -0.497 e. The van der Waals surface area contributed by atoms with Crippen LogP contribution in [0.3, 0.4) is 0 Å². The van der Waals surface area contributed by atoms with Gasteiger partial charge in [-0.25, -0.2) is 8.78 Å². The van der Waals surface area contributed by atoms with E-state index in [-0.39, 0.29) is 12.3 Å². The highest BCUT2D eigenvalue weighted by Crippen LogP contribution is 2.50. The first-order valence-electron chi connectivity index (χ1n) is 10.1. The second-order valence-electron chi connectivity index (χ2n) is 7.76. The number of methoxy groups -OCH3 is 1. The van der Waals surface area contributed by atoms with Crippen molar-refractivity contribution in [1.82, 2.24) is 0 Å². The molecule has 1 fully saturated rings. The molecule has 0 aliphatic heterocycles. The smallest absolute Gasteiger partial charge is 0.255 e. The minimum absolute atomic E-state index is 0.0563. The molecule has 2 atom stereocenters. The van der Waals surface area contributed by atoms with Gasteiger partial charge in [0.15, 0.2) is 0 Å². The van der Waals surface area contributed by atoms with Crippen LogP contribution in [-0.4, -0.2) is 13.0 Å². The van der Waals surface area contributed by atoms with Crippen LogP contribution in [0.4, 0.5) is 8.78 Å². The van der Waals surface area contributed by atoms with E-state index in [1.54, 1.807) is 31.4 Å². The van der Waals surface area contributed by atoms with E-state index in [9.17, 15) is 8.78 Å². The topological polar surface area (TPSA) is 9.23 Å². The third kappa shape index (κ3) is 4.88. The van der Waals surface area contributed by atoms with Gasteiger partial charge in [-0.2, -0.15) is 0 Å². The average molecular weight is 372 g/mol. The van der Waals surface area contributed by atoms with Crippen molar-refractivity contribution in [2.24, 2.45) is 0 Å². The molecule has 0 radical (unpaired) electrons. The molecule has 3 rings (SSSR count). The molecule has 1 nitrogen and oxygen atoms in total. The van der Waals surface area contributed by atoms with Crippen LogP contribution in [0.15, 0.2) is 48.5 Å². The van der Waals surface area contributed by atoms with Gasteiger partial charge in [-0.1, -0.05) is 56.2 Å². The molecule has 0 amide bonds. The van der Waals surface area contributed by atoms with Gasteiger partial charge in [0.1, 0.15) is 5.75 Å². The summed E-state index contributed by atoms with van der Waals surface area (Å²) < 4.78 is 35.0. The highest BCUT2D eigenvalue weighted by Gasteiger charge is 2.46. The Balaban J connectivity index is 1.65. The van der Waals surface area contributed by atoms with Crippen molar-refractivity contribution in [2.45, 2.75) is 69.6 Å². The second kappa shape index (κ2) is 8.86. The van der Waals surface area contributed by atoms with Crippen LogP contribution < -0.4 is 4.74 Å². The molecule has 146 valence electrons. The molecule has 0 bridgehead atoms. The first-order chi connectivity index (χ1) is 13.0. The lowest BCUT2D eigenvalue weighted by molar-refractivity contribution is -0.0615. The Kier molecular flexibility index (Phi) is 6.51. The zero-order valence-corrected chi connectivity index (χ0v) is 16.4. The van der Waals surface area contributed by atoms with E-state index in [1.165, 1.54) is 24.8 Å². The molecule has 1 aliphatic carbocycles. The monoisotopic (exact) mass is 372 g/mol. The molecule has 0 spiro atoms. The van der Waals surface area contributed by atoms with E-state index in [0.717, 1.165) is 18.4 Å². The fourth-order valence-electron chi connectivity index (χ4n) is 4.22. The minimum atomic E-state index is -2.68. The summed E-state index contributed by atoms with van der Waals surface area (Å²) in [6, 6.07) is 15.5. The molecule has 0 unspecified atom stereocenters. The van der Waals surface area contributed by atoms with Gasteiger partial charge in [-0.15, -0.1) is 0 Å². The van der Waals surface area contributed by atoms with Gasteiger partial charge in [-0.3, -0.25) is 0 Å². The second-order valence-corrected chi connectivity index (χ2v) is 7.76. The van der Waals surface area contributed by atoms with E-state index in [2.05, 4.69) is 31.2 Å². The Bertz CT molecular complexity index is 706. The molecule has 0 aromatic heterocycles. The molecule has 2 aromatic rings. The Morgan fingerprint density at radius 3 is 2.19 bits per heavy atom. The zero-order chi connectivity index (χ0) is 19.3. The Hall–Kier alpha value is -1.90. The Morgan fingerprint density at radius 1 is 0.926 bits per heavy atom. The van der Waals surface area contributed by atoms with Gasteiger partial charge in [0.25, 0.3) is 5.92 Å². The molecular formula is C24H30F2O. The highest BCUT2D eigenvalue weighted by atomic mass is 19.3. The van der Waals surface area contributed by atoms with E-state index in [0.29, 0.717) is 17.7 Å². The van der Waals surface area contributed by atoms with Crippen molar-refractivity contribution < 1.29 is 13.5 Å². The number of alkyl halides is 2. The average Bonchev–Trinajstić information content (AvgIpc) is 2.68. The van der Waals surface area contributed by atoms with Crippen molar-refractivity contribution in [3.63, 3.8) is 0 Å².